The lowest BCUT2D eigenvalue weighted by molar-refractivity contribution is 0.0915. The van der Waals surface area contributed by atoms with Crippen LogP contribution in [0.4, 0.5) is 5.69 Å². The molecule has 1 unspecified atom stereocenters. The van der Waals surface area contributed by atoms with Gasteiger partial charge in [0, 0.05) is 31.4 Å². The summed E-state index contributed by atoms with van der Waals surface area (Å²) < 4.78 is 17.0. The summed E-state index contributed by atoms with van der Waals surface area (Å²) in [5.74, 6) is 1.10. The third kappa shape index (κ3) is 5.22. The molecule has 7 heteroatoms. The van der Waals surface area contributed by atoms with Gasteiger partial charge < -0.3 is 29.5 Å². The molecule has 0 bridgehead atoms. The van der Waals surface area contributed by atoms with E-state index in [2.05, 4.69) is 17.3 Å². The standard InChI is InChI=1S/C24H32N2O5/c1-5-29-21-13-18(14-22(30-6-2)23(21)31-7-3)24(28)25-15-20(27)17-8-9-19-16(12-17)10-11-26(19)4/h8-9,12-14,20,27H,5-7,10-11,15H2,1-4H3,(H,25,28). The predicted octanol–water partition coefficient (Wildman–Crippen LogP) is 3.34. The fourth-order valence-corrected chi connectivity index (χ4v) is 3.72. The fourth-order valence-electron chi connectivity index (χ4n) is 3.72. The van der Waals surface area contributed by atoms with Crippen LogP contribution in [-0.2, 0) is 6.42 Å². The van der Waals surface area contributed by atoms with Crippen LogP contribution in [-0.4, -0.2) is 51.0 Å². The minimum Gasteiger partial charge on any atom is -0.490 e. The summed E-state index contributed by atoms with van der Waals surface area (Å²) in [5, 5.41) is 13.4. The summed E-state index contributed by atoms with van der Waals surface area (Å²) in [7, 11) is 2.06. The number of hydrogen-bond donors (Lipinski definition) is 2. The lowest BCUT2D eigenvalue weighted by atomic mass is 10.0. The molecular formula is C24H32N2O5. The summed E-state index contributed by atoms with van der Waals surface area (Å²) in [6.45, 7) is 8.02. The molecule has 0 aromatic heterocycles. The number of amides is 1. The second kappa shape index (κ2) is 10.4. The van der Waals surface area contributed by atoms with E-state index in [4.69, 9.17) is 14.2 Å². The Balaban J connectivity index is 1.73. The molecule has 168 valence electrons. The van der Waals surface area contributed by atoms with Crippen LogP contribution in [0, 0.1) is 0 Å². The van der Waals surface area contributed by atoms with E-state index >= 15 is 0 Å². The highest BCUT2D eigenvalue weighted by Crippen LogP contribution is 2.39. The van der Waals surface area contributed by atoms with Crippen molar-refractivity contribution >= 4 is 11.6 Å². The number of carbonyl (C=O) groups excluding carboxylic acids is 1. The number of nitrogens with zero attached hydrogens (tertiary/aromatic N) is 1. The number of hydrogen-bond acceptors (Lipinski definition) is 6. The smallest absolute Gasteiger partial charge is 0.251 e. The monoisotopic (exact) mass is 428 g/mol. The molecule has 1 amide bonds. The van der Waals surface area contributed by atoms with E-state index in [1.807, 2.05) is 39.0 Å². The maximum atomic E-state index is 12.8. The molecule has 1 heterocycles. The van der Waals surface area contributed by atoms with Gasteiger partial charge in [-0.05, 0) is 56.5 Å². The van der Waals surface area contributed by atoms with Crippen LogP contribution in [0.2, 0.25) is 0 Å². The van der Waals surface area contributed by atoms with E-state index in [-0.39, 0.29) is 12.5 Å². The largest absolute Gasteiger partial charge is 0.490 e. The summed E-state index contributed by atoms with van der Waals surface area (Å²) in [6, 6.07) is 9.24. The molecule has 7 nitrogen and oxygen atoms in total. The van der Waals surface area contributed by atoms with Crippen molar-refractivity contribution in [1.29, 1.82) is 0 Å². The molecule has 2 N–H and O–H groups in total. The maximum absolute atomic E-state index is 12.8. The fraction of sp³-hybridized carbons (Fsp3) is 0.458. The Bertz CT molecular complexity index is 888. The molecule has 0 aliphatic carbocycles. The quantitative estimate of drug-likeness (QED) is 0.604. The summed E-state index contributed by atoms with van der Waals surface area (Å²) in [6.07, 6.45) is 0.173. The predicted molar refractivity (Wildman–Crippen MR) is 121 cm³/mol. The second-order valence-electron chi connectivity index (χ2n) is 7.39. The zero-order chi connectivity index (χ0) is 22.4. The van der Waals surface area contributed by atoms with E-state index in [1.165, 1.54) is 11.3 Å². The van der Waals surface area contributed by atoms with Crippen LogP contribution >= 0.6 is 0 Å². The first kappa shape index (κ1) is 22.7. The Kier molecular flexibility index (Phi) is 7.63. The summed E-state index contributed by atoms with van der Waals surface area (Å²) in [5.41, 5.74) is 3.60. The number of nitrogens with one attached hydrogen (secondary N) is 1. The van der Waals surface area contributed by atoms with E-state index < -0.39 is 6.10 Å². The third-order valence-corrected chi connectivity index (χ3v) is 5.24. The molecule has 0 radical (unpaired) electrons. The molecule has 2 aromatic rings. The molecule has 1 atom stereocenters. The second-order valence-corrected chi connectivity index (χ2v) is 7.39. The van der Waals surface area contributed by atoms with Gasteiger partial charge in [0.25, 0.3) is 5.91 Å². The number of carbonyl (C=O) groups is 1. The number of fused-ring (bicyclic) bond motifs is 1. The number of rotatable bonds is 10. The van der Waals surface area contributed by atoms with Gasteiger partial charge in [-0.25, -0.2) is 0 Å². The number of benzene rings is 2. The van der Waals surface area contributed by atoms with E-state index in [0.717, 1.165) is 18.5 Å². The highest BCUT2D eigenvalue weighted by molar-refractivity contribution is 5.95. The van der Waals surface area contributed by atoms with Gasteiger partial charge in [0.05, 0.1) is 25.9 Å². The number of aliphatic hydroxyl groups excluding tert-OH is 1. The number of likely N-dealkylation sites (N-methyl/N-ethyl adjacent to an activating group) is 1. The number of anilines is 1. The highest BCUT2D eigenvalue weighted by Gasteiger charge is 2.20. The Hall–Kier alpha value is -2.93. The Morgan fingerprint density at radius 2 is 1.71 bits per heavy atom. The lowest BCUT2D eigenvalue weighted by Crippen LogP contribution is -2.28. The van der Waals surface area contributed by atoms with Gasteiger partial charge in [0.15, 0.2) is 11.5 Å². The molecule has 2 aromatic carbocycles. The Morgan fingerprint density at radius 1 is 1.06 bits per heavy atom. The van der Waals surface area contributed by atoms with Crippen LogP contribution < -0.4 is 24.4 Å². The van der Waals surface area contributed by atoms with Gasteiger partial charge in [-0.1, -0.05) is 12.1 Å². The molecule has 0 saturated carbocycles. The third-order valence-electron chi connectivity index (χ3n) is 5.24. The van der Waals surface area contributed by atoms with Crippen LogP contribution in [0.15, 0.2) is 30.3 Å². The first-order valence-corrected chi connectivity index (χ1v) is 10.8. The van der Waals surface area contributed by atoms with Crippen molar-refractivity contribution in [2.24, 2.45) is 0 Å². The van der Waals surface area contributed by atoms with Crippen molar-refractivity contribution in [1.82, 2.24) is 5.32 Å². The molecule has 0 fully saturated rings. The van der Waals surface area contributed by atoms with E-state index in [1.54, 1.807) is 12.1 Å². The number of aliphatic hydroxyl groups is 1. The van der Waals surface area contributed by atoms with Gasteiger partial charge in [0.2, 0.25) is 5.75 Å². The normalized spacial score (nSPS) is 13.5. The van der Waals surface area contributed by atoms with Crippen molar-refractivity contribution in [3.63, 3.8) is 0 Å². The molecular weight excluding hydrogens is 396 g/mol. The molecule has 31 heavy (non-hydrogen) atoms. The van der Waals surface area contributed by atoms with Crippen molar-refractivity contribution in [2.75, 3.05) is 44.9 Å². The Morgan fingerprint density at radius 3 is 2.32 bits per heavy atom. The molecule has 0 spiro atoms. The highest BCUT2D eigenvalue weighted by atomic mass is 16.5. The van der Waals surface area contributed by atoms with Crippen LogP contribution in [0.25, 0.3) is 0 Å². The average molecular weight is 429 g/mol. The van der Waals surface area contributed by atoms with Gasteiger partial charge in [0.1, 0.15) is 0 Å². The van der Waals surface area contributed by atoms with E-state index in [9.17, 15) is 9.90 Å². The topological polar surface area (TPSA) is 80.3 Å². The molecule has 1 aliphatic rings. The average Bonchev–Trinajstić information content (AvgIpc) is 3.14. The maximum Gasteiger partial charge on any atom is 0.251 e. The van der Waals surface area contributed by atoms with Crippen molar-refractivity contribution in [2.45, 2.75) is 33.3 Å². The van der Waals surface area contributed by atoms with Crippen LogP contribution in [0.1, 0.15) is 48.4 Å². The summed E-state index contributed by atoms with van der Waals surface area (Å²) in [4.78, 5) is 15.0. The van der Waals surface area contributed by atoms with Gasteiger partial charge in [-0.15, -0.1) is 0 Å². The molecule has 0 saturated heterocycles. The van der Waals surface area contributed by atoms with Crippen LogP contribution in [0.3, 0.4) is 0 Å². The van der Waals surface area contributed by atoms with Gasteiger partial charge in [-0.2, -0.15) is 0 Å². The van der Waals surface area contributed by atoms with Gasteiger partial charge >= 0.3 is 0 Å². The zero-order valence-electron chi connectivity index (χ0n) is 18.7. The first-order chi connectivity index (χ1) is 15.0. The van der Waals surface area contributed by atoms with Gasteiger partial charge in [-0.3, -0.25) is 4.79 Å². The van der Waals surface area contributed by atoms with Crippen molar-refractivity contribution in [3.8, 4) is 17.2 Å². The minimum atomic E-state index is -0.791. The summed E-state index contributed by atoms with van der Waals surface area (Å²) >= 11 is 0. The zero-order valence-corrected chi connectivity index (χ0v) is 18.7. The lowest BCUT2D eigenvalue weighted by Gasteiger charge is -2.18. The SMILES string of the molecule is CCOc1cc(C(=O)NCC(O)c2ccc3c(c2)CCN3C)cc(OCC)c1OCC. The van der Waals surface area contributed by atoms with Crippen LogP contribution in [0.5, 0.6) is 17.2 Å². The molecule has 1 aliphatic heterocycles. The minimum absolute atomic E-state index is 0.106. The number of ether oxygens (including phenoxy) is 3. The van der Waals surface area contributed by atoms with E-state index in [0.29, 0.717) is 42.6 Å². The first-order valence-electron chi connectivity index (χ1n) is 10.8. The Labute approximate surface area is 183 Å². The van der Waals surface area contributed by atoms with Crippen molar-refractivity contribution in [3.05, 3.63) is 47.0 Å². The van der Waals surface area contributed by atoms with Crippen molar-refractivity contribution < 1.29 is 24.1 Å². The molecule has 3 rings (SSSR count).